The Balaban J connectivity index is 1.37. The lowest BCUT2D eigenvalue weighted by molar-refractivity contribution is 1.29. The second kappa shape index (κ2) is 9.44. The van der Waals surface area contributed by atoms with Crippen molar-refractivity contribution in [3.05, 3.63) is 146 Å². The zero-order chi connectivity index (χ0) is 24.3. The highest BCUT2D eigenvalue weighted by molar-refractivity contribution is 6.13. The molecule has 0 fully saturated rings. The van der Waals surface area contributed by atoms with Crippen LogP contribution >= 0.6 is 0 Å². The van der Waals surface area contributed by atoms with Gasteiger partial charge in [-0.15, -0.1) is 0 Å². The molecule has 36 heavy (non-hydrogen) atoms. The van der Waals surface area contributed by atoms with Gasteiger partial charge in [0.2, 0.25) is 0 Å². The Morgan fingerprint density at radius 3 is 1.86 bits per heavy atom. The molecule has 5 aromatic carbocycles. The average Bonchev–Trinajstić information content (AvgIpc) is 3.29. The van der Waals surface area contributed by atoms with Crippen LogP contribution in [0, 0.1) is 0 Å². The van der Waals surface area contributed by atoms with Gasteiger partial charge in [0.05, 0.1) is 11.0 Å². The van der Waals surface area contributed by atoms with E-state index in [0.717, 1.165) is 16.9 Å². The molecule has 0 atom stereocenters. The summed E-state index contributed by atoms with van der Waals surface area (Å²) in [5.74, 6) is 0. The Morgan fingerprint density at radius 1 is 0.583 bits per heavy atom. The molecule has 2 nitrogen and oxygen atoms in total. The van der Waals surface area contributed by atoms with Gasteiger partial charge in [-0.05, 0) is 47.5 Å². The van der Waals surface area contributed by atoms with Gasteiger partial charge in [-0.25, -0.2) is 0 Å². The minimum absolute atomic E-state index is 1.13. The molecule has 6 aromatic rings. The van der Waals surface area contributed by atoms with Gasteiger partial charge in [0.15, 0.2) is 0 Å². The number of rotatable bonds is 6. The monoisotopic (exact) mass is 462 g/mol. The summed E-state index contributed by atoms with van der Waals surface area (Å²) in [5.41, 5.74) is 8.15. The van der Waals surface area contributed by atoms with Gasteiger partial charge >= 0.3 is 0 Å². The van der Waals surface area contributed by atoms with Crippen LogP contribution in [0.15, 0.2) is 140 Å². The van der Waals surface area contributed by atoms with Crippen LogP contribution < -0.4 is 4.90 Å². The van der Waals surface area contributed by atoms with Crippen LogP contribution in [0.5, 0.6) is 0 Å². The summed E-state index contributed by atoms with van der Waals surface area (Å²) in [5, 5.41) is 2.49. The van der Waals surface area contributed by atoms with E-state index in [4.69, 9.17) is 0 Å². The molecule has 0 amide bonds. The Kier molecular flexibility index (Phi) is 5.69. The molecular formula is C34H26N2. The molecule has 2 heteroatoms. The molecule has 1 heterocycles. The zero-order valence-electron chi connectivity index (χ0n) is 20.0. The fourth-order valence-corrected chi connectivity index (χ4v) is 4.91. The van der Waals surface area contributed by atoms with Crippen LogP contribution in [0.25, 0.3) is 45.2 Å². The quantitative estimate of drug-likeness (QED) is 0.239. The van der Waals surface area contributed by atoms with E-state index in [2.05, 4.69) is 144 Å². The zero-order valence-corrected chi connectivity index (χ0v) is 20.0. The Morgan fingerprint density at radius 2 is 1.19 bits per heavy atom. The van der Waals surface area contributed by atoms with E-state index in [1.54, 1.807) is 0 Å². The van der Waals surface area contributed by atoms with Gasteiger partial charge in [0.1, 0.15) is 0 Å². The molecule has 0 saturated heterocycles. The van der Waals surface area contributed by atoms with Crippen LogP contribution in [0.3, 0.4) is 0 Å². The highest BCUT2D eigenvalue weighted by atomic mass is 15.1. The summed E-state index contributed by atoms with van der Waals surface area (Å²) in [6.45, 7) is 4.09. The van der Waals surface area contributed by atoms with Crippen LogP contribution in [-0.4, -0.2) is 4.57 Å². The lowest BCUT2D eigenvalue weighted by atomic mass is 10.0. The van der Waals surface area contributed by atoms with Crippen molar-refractivity contribution in [3.63, 3.8) is 0 Å². The van der Waals surface area contributed by atoms with Crippen LogP contribution in [0.4, 0.5) is 11.4 Å². The third-order valence-electron chi connectivity index (χ3n) is 6.62. The average molecular weight is 463 g/mol. The molecule has 6 rings (SSSR count). The summed E-state index contributed by atoms with van der Waals surface area (Å²) in [6, 6.07) is 44.7. The van der Waals surface area contributed by atoms with E-state index in [1.165, 1.54) is 32.9 Å². The lowest BCUT2D eigenvalue weighted by Crippen LogP contribution is -2.07. The minimum Gasteiger partial charge on any atom is -0.317 e. The van der Waals surface area contributed by atoms with Crippen molar-refractivity contribution in [2.24, 2.45) is 0 Å². The van der Waals surface area contributed by atoms with Crippen molar-refractivity contribution in [1.82, 2.24) is 4.57 Å². The van der Waals surface area contributed by atoms with Crippen molar-refractivity contribution in [2.45, 2.75) is 0 Å². The van der Waals surface area contributed by atoms with E-state index < -0.39 is 0 Å². The predicted molar refractivity (Wildman–Crippen MR) is 155 cm³/mol. The van der Waals surface area contributed by atoms with Crippen molar-refractivity contribution >= 4 is 45.5 Å². The van der Waals surface area contributed by atoms with E-state index in [-0.39, 0.29) is 0 Å². The van der Waals surface area contributed by atoms with Gasteiger partial charge in [0.25, 0.3) is 0 Å². The molecule has 172 valence electrons. The molecule has 0 N–H and O–H groups in total. The van der Waals surface area contributed by atoms with Crippen LogP contribution in [0.2, 0.25) is 0 Å². The molecule has 0 saturated carbocycles. The van der Waals surface area contributed by atoms with E-state index in [0.29, 0.717) is 0 Å². The first-order valence-corrected chi connectivity index (χ1v) is 12.2. The molecule has 0 unspecified atom stereocenters. The van der Waals surface area contributed by atoms with E-state index in [1.807, 2.05) is 18.3 Å². The highest BCUT2D eigenvalue weighted by Gasteiger charge is 2.13. The fraction of sp³-hybridized carbons (Fsp3) is 0. The molecule has 0 aliphatic rings. The van der Waals surface area contributed by atoms with Crippen LogP contribution in [0.1, 0.15) is 5.56 Å². The molecule has 0 aliphatic heterocycles. The number of fused-ring (bicyclic) bond motifs is 3. The standard InChI is InChI=1S/C34H26N2/c1-2-35-33-19-10-9-16-31(33)32-18-11-17-30(34(32)35)27-22-20-26(21-23-27)24-25-36(28-12-5-3-6-13-28)29-14-7-4-8-15-29/h2-25H,1H2. The van der Waals surface area contributed by atoms with Crippen molar-refractivity contribution in [3.8, 4) is 11.1 Å². The molecule has 0 bridgehead atoms. The second-order valence-corrected chi connectivity index (χ2v) is 8.75. The topological polar surface area (TPSA) is 8.17 Å². The molecular weight excluding hydrogens is 436 g/mol. The Hall–Kier alpha value is -4.82. The van der Waals surface area contributed by atoms with Gasteiger partial charge < -0.3 is 9.47 Å². The minimum atomic E-state index is 1.13. The normalized spacial score (nSPS) is 11.3. The fourth-order valence-electron chi connectivity index (χ4n) is 4.91. The lowest BCUT2D eigenvalue weighted by Gasteiger charge is -2.20. The first-order chi connectivity index (χ1) is 17.8. The number of nitrogens with zero attached hydrogens (tertiary/aromatic N) is 2. The second-order valence-electron chi connectivity index (χ2n) is 8.75. The number of anilines is 2. The number of hydrogen-bond acceptors (Lipinski definition) is 1. The Labute approximate surface area is 211 Å². The summed E-state index contributed by atoms with van der Waals surface area (Å²) >= 11 is 0. The Bertz CT molecular complexity index is 1640. The molecule has 0 radical (unpaired) electrons. The molecule has 0 aliphatic carbocycles. The van der Waals surface area contributed by atoms with Gasteiger partial charge in [-0.3, -0.25) is 0 Å². The molecule has 0 spiro atoms. The SMILES string of the molecule is C=Cn1c2ccccc2c2cccc(-c3ccc(C=CN(c4ccccc4)c4ccccc4)cc3)c21. The van der Waals surface area contributed by atoms with Gasteiger partial charge in [0, 0.05) is 40.1 Å². The van der Waals surface area contributed by atoms with Gasteiger partial charge in [-0.2, -0.15) is 0 Å². The van der Waals surface area contributed by atoms with Crippen molar-refractivity contribution in [2.75, 3.05) is 4.90 Å². The van der Waals surface area contributed by atoms with Crippen LogP contribution in [-0.2, 0) is 0 Å². The smallest absolute Gasteiger partial charge is 0.0613 e. The summed E-state index contributed by atoms with van der Waals surface area (Å²) in [6.07, 6.45) is 6.20. The number of hydrogen-bond donors (Lipinski definition) is 0. The van der Waals surface area contributed by atoms with E-state index in [9.17, 15) is 0 Å². The van der Waals surface area contributed by atoms with Crippen molar-refractivity contribution in [1.29, 1.82) is 0 Å². The number of benzene rings is 5. The third-order valence-corrected chi connectivity index (χ3v) is 6.62. The van der Waals surface area contributed by atoms with Gasteiger partial charge in [-0.1, -0.05) is 104 Å². The highest BCUT2D eigenvalue weighted by Crippen LogP contribution is 2.36. The summed E-state index contributed by atoms with van der Waals surface area (Å²) < 4.78 is 2.20. The predicted octanol–water partition coefficient (Wildman–Crippen LogP) is 9.37. The first-order valence-electron chi connectivity index (χ1n) is 12.2. The third kappa shape index (κ3) is 3.89. The van der Waals surface area contributed by atoms with E-state index >= 15 is 0 Å². The number of para-hydroxylation sites is 4. The summed E-state index contributed by atoms with van der Waals surface area (Å²) in [4.78, 5) is 2.21. The maximum Gasteiger partial charge on any atom is 0.0613 e. The maximum atomic E-state index is 4.09. The number of aromatic nitrogens is 1. The maximum absolute atomic E-state index is 4.09. The molecule has 1 aromatic heterocycles. The first kappa shape index (κ1) is 21.7. The van der Waals surface area contributed by atoms with Crippen molar-refractivity contribution < 1.29 is 0 Å². The largest absolute Gasteiger partial charge is 0.317 e. The summed E-state index contributed by atoms with van der Waals surface area (Å²) in [7, 11) is 0.